The van der Waals surface area contributed by atoms with E-state index in [4.69, 9.17) is 5.26 Å². The van der Waals surface area contributed by atoms with Gasteiger partial charge in [-0.15, -0.1) is 0 Å². The van der Waals surface area contributed by atoms with Gasteiger partial charge in [-0.3, -0.25) is 10.1 Å². The van der Waals surface area contributed by atoms with Crippen molar-refractivity contribution in [3.8, 4) is 6.07 Å². The van der Waals surface area contributed by atoms with Gasteiger partial charge in [-0.05, 0) is 31.0 Å². The van der Waals surface area contributed by atoms with Crippen LogP contribution in [0.2, 0.25) is 0 Å². The molecule has 2 aromatic carbocycles. The summed E-state index contributed by atoms with van der Waals surface area (Å²) >= 11 is 0. The smallest absolute Gasteiger partial charge is 0.287 e. The third kappa shape index (κ3) is 3.80. The van der Waals surface area contributed by atoms with Crippen LogP contribution in [0.15, 0.2) is 42.5 Å². The van der Waals surface area contributed by atoms with Crippen LogP contribution in [0.5, 0.6) is 0 Å². The number of anilines is 1. The number of benzene rings is 2. The molecule has 0 atom stereocenters. The second-order valence-electron chi connectivity index (χ2n) is 4.77. The van der Waals surface area contributed by atoms with Crippen LogP contribution in [0.1, 0.15) is 16.7 Å². The molecule has 0 radical (unpaired) electrons. The zero-order valence-electron chi connectivity index (χ0n) is 11.7. The van der Waals surface area contributed by atoms with E-state index in [1.165, 1.54) is 23.3 Å². The Morgan fingerprint density at radius 1 is 1.29 bits per heavy atom. The van der Waals surface area contributed by atoms with E-state index in [-0.39, 0.29) is 11.3 Å². The van der Waals surface area contributed by atoms with Crippen molar-refractivity contribution in [2.75, 3.05) is 11.9 Å². The van der Waals surface area contributed by atoms with Crippen LogP contribution in [0.4, 0.5) is 11.4 Å². The number of nitrogens with zero attached hydrogens (tertiary/aromatic N) is 2. The highest BCUT2D eigenvalue weighted by Crippen LogP contribution is 2.21. The maximum absolute atomic E-state index is 10.8. The first-order valence-electron chi connectivity index (χ1n) is 6.58. The Kier molecular flexibility index (Phi) is 4.52. The minimum Gasteiger partial charge on any atom is -0.385 e. The second kappa shape index (κ2) is 6.53. The van der Waals surface area contributed by atoms with E-state index in [1.54, 1.807) is 6.07 Å². The van der Waals surface area contributed by atoms with Gasteiger partial charge in [0.05, 0.1) is 4.92 Å². The normalized spacial score (nSPS) is 9.90. The Morgan fingerprint density at radius 3 is 2.76 bits per heavy atom. The number of nitro benzene ring substituents is 1. The molecule has 5 heteroatoms. The van der Waals surface area contributed by atoms with Gasteiger partial charge < -0.3 is 5.32 Å². The van der Waals surface area contributed by atoms with Crippen LogP contribution in [-0.4, -0.2) is 11.5 Å². The Hall–Kier alpha value is -2.87. The monoisotopic (exact) mass is 281 g/mol. The van der Waals surface area contributed by atoms with Crippen molar-refractivity contribution >= 4 is 11.4 Å². The summed E-state index contributed by atoms with van der Waals surface area (Å²) in [5.74, 6) is 0. The highest BCUT2D eigenvalue weighted by molar-refractivity contribution is 5.58. The first kappa shape index (κ1) is 14.5. The summed E-state index contributed by atoms with van der Waals surface area (Å²) in [6, 6.07) is 14.6. The molecular weight excluding hydrogens is 266 g/mol. The number of nitriles is 1. The molecule has 0 spiro atoms. The molecule has 0 bridgehead atoms. The third-order valence-electron chi connectivity index (χ3n) is 3.14. The van der Waals surface area contributed by atoms with Gasteiger partial charge in [0.2, 0.25) is 0 Å². The van der Waals surface area contributed by atoms with E-state index in [2.05, 4.69) is 17.4 Å². The standard InChI is InChI=1S/C16H15N3O2/c1-12-3-2-4-13(9-12)7-8-18-15-5-6-16(19(20)21)14(10-15)11-17/h2-6,9-10,18H,7-8H2,1H3. The number of hydrogen-bond acceptors (Lipinski definition) is 4. The van der Waals surface area contributed by atoms with E-state index in [9.17, 15) is 10.1 Å². The lowest BCUT2D eigenvalue weighted by molar-refractivity contribution is -0.385. The van der Waals surface area contributed by atoms with Gasteiger partial charge in [0.15, 0.2) is 0 Å². The van der Waals surface area contributed by atoms with Gasteiger partial charge in [-0.25, -0.2) is 0 Å². The van der Waals surface area contributed by atoms with Crippen molar-refractivity contribution in [3.05, 3.63) is 69.3 Å². The quantitative estimate of drug-likeness (QED) is 0.672. The van der Waals surface area contributed by atoms with E-state index in [1.807, 2.05) is 25.1 Å². The lowest BCUT2D eigenvalue weighted by atomic mass is 10.1. The minimum atomic E-state index is -0.547. The predicted octanol–water partition coefficient (Wildman–Crippen LogP) is 3.43. The third-order valence-corrected chi connectivity index (χ3v) is 3.14. The molecule has 0 heterocycles. The molecule has 0 fully saturated rings. The molecule has 106 valence electrons. The molecule has 0 amide bonds. The first-order valence-corrected chi connectivity index (χ1v) is 6.58. The maximum Gasteiger partial charge on any atom is 0.287 e. The molecule has 0 saturated heterocycles. The summed E-state index contributed by atoms with van der Waals surface area (Å²) in [5.41, 5.74) is 3.06. The molecule has 0 unspecified atom stereocenters. The molecule has 0 aliphatic heterocycles. The van der Waals surface area contributed by atoms with Gasteiger partial charge >= 0.3 is 0 Å². The Morgan fingerprint density at radius 2 is 2.10 bits per heavy atom. The number of rotatable bonds is 5. The Balaban J connectivity index is 2.01. The fourth-order valence-electron chi connectivity index (χ4n) is 2.11. The van der Waals surface area contributed by atoms with Gasteiger partial charge in [-0.2, -0.15) is 5.26 Å². The summed E-state index contributed by atoms with van der Waals surface area (Å²) in [7, 11) is 0. The average molecular weight is 281 g/mol. The largest absolute Gasteiger partial charge is 0.385 e. The van der Waals surface area contributed by atoms with Crippen LogP contribution in [0, 0.1) is 28.4 Å². The fraction of sp³-hybridized carbons (Fsp3) is 0.188. The summed E-state index contributed by atoms with van der Waals surface area (Å²) in [6.07, 6.45) is 0.848. The van der Waals surface area contributed by atoms with Crippen molar-refractivity contribution in [1.29, 1.82) is 5.26 Å². The van der Waals surface area contributed by atoms with Crippen molar-refractivity contribution in [3.63, 3.8) is 0 Å². The van der Waals surface area contributed by atoms with Gasteiger partial charge in [0.1, 0.15) is 11.6 Å². The van der Waals surface area contributed by atoms with Crippen LogP contribution in [0.25, 0.3) is 0 Å². The molecular formula is C16H15N3O2. The van der Waals surface area contributed by atoms with Crippen LogP contribution in [-0.2, 0) is 6.42 Å². The lowest BCUT2D eigenvalue weighted by Gasteiger charge is -2.07. The van der Waals surface area contributed by atoms with Crippen LogP contribution < -0.4 is 5.32 Å². The maximum atomic E-state index is 10.8. The first-order chi connectivity index (χ1) is 10.1. The molecule has 1 N–H and O–H groups in total. The summed E-state index contributed by atoms with van der Waals surface area (Å²) < 4.78 is 0. The Bertz CT molecular complexity index is 705. The summed E-state index contributed by atoms with van der Waals surface area (Å²) in [6.45, 7) is 2.75. The van der Waals surface area contributed by atoms with Crippen LogP contribution >= 0.6 is 0 Å². The van der Waals surface area contributed by atoms with Crippen molar-refractivity contribution < 1.29 is 4.92 Å². The SMILES string of the molecule is Cc1cccc(CCNc2ccc([N+](=O)[O-])c(C#N)c2)c1. The predicted molar refractivity (Wildman–Crippen MR) is 81.2 cm³/mol. The fourth-order valence-corrected chi connectivity index (χ4v) is 2.11. The zero-order chi connectivity index (χ0) is 15.2. The molecule has 5 nitrogen and oxygen atoms in total. The van der Waals surface area contributed by atoms with Gasteiger partial charge in [0.25, 0.3) is 5.69 Å². The Labute approximate surface area is 123 Å². The average Bonchev–Trinajstić information content (AvgIpc) is 2.47. The number of nitrogens with one attached hydrogen (secondary N) is 1. The number of nitro groups is 1. The second-order valence-corrected chi connectivity index (χ2v) is 4.77. The highest BCUT2D eigenvalue weighted by Gasteiger charge is 2.13. The molecule has 2 aromatic rings. The molecule has 0 saturated carbocycles. The lowest BCUT2D eigenvalue weighted by Crippen LogP contribution is -2.05. The minimum absolute atomic E-state index is 0.0700. The molecule has 0 aromatic heterocycles. The number of aryl methyl sites for hydroxylation is 1. The van der Waals surface area contributed by atoms with E-state index in [0.717, 1.165) is 6.42 Å². The van der Waals surface area contributed by atoms with E-state index < -0.39 is 4.92 Å². The van der Waals surface area contributed by atoms with E-state index in [0.29, 0.717) is 12.2 Å². The van der Waals surface area contributed by atoms with Crippen molar-refractivity contribution in [1.82, 2.24) is 0 Å². The molecule has 0 aliphatic rings. The molecule has 21 heavy (non-hydrogen) atoms. The van der Waals surface area contributed by atoms with Gasteiger partial charge in [-0.1, -0.05) is 29.8 Å². The summed E-state index contributed by atoms with van der Waals surface area (Å²) in [5, 5.41) is 22.9. The number of hydrogen-bond donors (Lipinski definition) is 1. The van der Waals surface area contributed by atoms with Crippen molar-refractivity contribution in [2.45, 2.75) is 13.3 Å². The topological polar surface area (TPSA) is 79.0 Å². The highest BCUT2D eigenvalue weighted by atomic mass is 16.6. The summed E-state index contributed by atoms with van der Waals surface area (Å²) in [4.78, 5) is 10.2. The van der Waals surface area contributed by atoms with E-state index >= 15 is 0 Å². The van der Waals surface area contributed by atoms with Crippen LogP contribution in [0.3, 0.4) is 0 Å². The van der Waals surface area contributed by atoms with Gasteiger partial charge in [0, 0.05) is 18.3 Å². The van der Waals surface area contributed by atoms with Crippen molar-refractivity contribution in [2.24, 2.45) is 0 Å². The zero-order valence-corrected chi connectivity index (χ0v) is 11.7. The molecule has 0 aliphatic carbocycles. The molecule has 2 rings (SSSR count).